The Kier molecular flexibility index (Phi) is 4.53. The van der Waals surface area contributed by atoms with E-state index in [0.717, 1.165) is 8.95 Å². The highest BCUT2D eigenvalue weighted by atomic mass is 79.9. The molecule has 0 fully saturated rings. The third kappa shape index (κ3) is 3.24. The Morgan fingerprint density at radius 2 is 2.05 bits per heavy atom. The van der Waals surface area contributed by atoms with E-state index in [0.29, 0.717) is 16.9 Å². The van der Waals surface area contributed by atoms with Gasteiger partial charge in [0.25, 0.3) is 5.91 Å². The number of nitrogens with one attached hydrogen (secondary N) is 1. The number of carbonyl (C=O) groups excluding carboxylic acids is 1. The zero-order valence-electron chi connectivity index (χ0n) is 10.4. The molecular weight excluding hydrogens is 386 g/mol. The van der Waals surface area contributed by atoms with Crippen LogP contribution in [0.1, 0.15) is 21.7 Å². The Balaban J connectivity index is 2.24. The minimum Gasteiger partial charge on any atom is -0.320 e. The minimum atomic E-state index is -0.319. The second-order valence-electron chi connectivity index (χ2n) is 4.02. The third-order valence-electron chi connectivity index (χ3n) is 2.62. The van der Waals surface area contributed by atoms with Crippen molar-refractivity contribution >= 4 is 43.5 Å². The summed E-state index contributed by atoms with van der Waals surface area (Å²) in [5, 5.41) is 11.6. The van der Waals surface area contributed by atoms with E-state index in [1.165, 1.54) is 6.07 Å². The fourth-order valence-electron chi connectivity index (χ4n) is 1.58. The number of aromatic nitrogens is 1. The number of anilines is 1. The molecule has 4 nitrogen and oxygen atoms in total. The van der Waals surface area contributed by atoms with Crippen molar-refractivity contribution in [3.63, 3.8) is 0 Å². The molecule has 0 aliphatic rings. The number of benzene rings is 1. The summed E-state index contributed by atoms with van der Waals surface area (Å²) >= 11 is 6.72. The largest absolute Gasteiger partial charge is 0.320 e. The van der Waals surface area contributed by atoms with Gasteiger partial charge in [0.2, 0.25) is 0 Å². The number of pyridine rings is 1. The summed E-state index contributed by atoms with van der Waals surface area (Å²) in [5.41, 5.74) is 1.93. The van der Waals surface area contributed by atoms with Crippen LogP contribution < -0.4 is 5.32 Å². The first kappa shape index (κ1) is 14.7. The quantitative estimate of drug-likeness (QED) is 0.835. The number of aryl methyl sites for hydroxylation is 1. The summed E-state index contributed by atoms with van der Waals surface area (Å²) in [6.45, 7) is 1.70. The summed E-state index contributed by atoms with van der Waals surface area (Å²) in [6, 6.07) is 10.6. The van der Waals surface area contributed by atoms with Crippen molar-refractivity contribution < 1.29 is 4.79 Å². The standard InChI is InChI=1S/C14H9Br2N3O/c1-8-9(7-17)2-4-13(18-8)14(20)19-12-5-3-10(15)6-11(12)16/h2-6H,1H3,(H,19,20). The highest BCUT2D eigenvalue weighted by Crippen LogP contribution is 2.26. The van der Waals surface area contributed by atoms with E-state index in [1.807, 2.05) is 18.2 Å². The summed E-state index contributed by atoms with van der Waals surface area (Å²) in [7, 11) is 0. The molecule has 0 atom stereocenters. The van der Waals surface area contributed by atoms with Gasteiger partial charge in [-0.25, -0.2) is 4.98 Å². The van der Waals surface area contributed by atoms with Crippen molar-refractivity contribution in [2.75, 3.05) is 5.32 Å². The van der Waals surface area contributed by atoms with E-state index in [1.54, 1.807) is 19.1 Å². The number of hydrogen-bond acceptors (Lipinski definition) is 3. The molecule has 1 N–H and O–H groups in total. The highest BCUT2D eigenvalue weighted by molar-refractivity contribution is 9.11. The SMILES string of the molecule is Cc1nc(C(=O)Nc2ccc(Br)cc2Br)ccc1C#N. The predicted molar refractivity (Wildman–Crippen MR) is 83.5 cm³/mol. The molecule has 0 saturated carbocycles. The first-order chi connectivity index (χ1) is 9.51. The van der Waals surface area contributed by atoms with Crippen molar-refractivity contribution in [2.24, 2.45) is 0 Å². The Hall–Kier alpha value is -1.71. The molecule has 0 aliphatic heterocycles. The molecule has 0 radical (unpaired) electrons. The van der Waals surface area contributed by atoms with Gasteiger partial charge in [-0.05, 0) is 53.2 Å². The van der Waals surface area contributed by atoms with Crippen LogP contribution in [0.3, 0.4) is 0 Å². The summed E-state index contributed by atoms with van der Waals surface area (Å²) in [6.07, 6.45) is 0. The number of amides is 1. The lowest BCUT2D eigenvalue weighted by molar-refractivity contribution is 0.102. The maximum absolute atomic E-state index is 12.1. The van der Waals surface area contributed by atoms with Crippen LogP contribution in [0.4, 0.5) is 5.69 Å². The number of carbonyl (C=O) groups is 1. The number of nitriles is 1. The van der Waals surface area contributed by atoms with Crippen LogP contribution in [0, 0.1) is 18.3 Å². The molecule has 2 aromatic rings. The van der Waals surface area contributed by atoms with Crippen LogP contribution in [0.5, 0.6) is 0 Å². The van der Waals surface area contributed by atoms with Crippen LogP contribution in [0.2, 0.25) is 0 Å². The average molecular weight is 395 g/mol. The van der Waals surface area contributed by atoms with E-state index >= 15 is 0 Å². The smallest absolute Gasteiger partial charge is 0.274 e. The van der Waals surface area contributed by atoms with E-state index in [4.69, 9.17) is 5.26 Å². The molecule has 0 unspecified atom stereocenters. The highest BCUT2D eigenvalue weighted by Gasteiger charge is 2.11. The van der Waals surface area contributed by atoms with Crippen LogP contribution in [-0.4, -0.2) is 10.9 Å². The molecule has 6 heteroatoms. The first-order valence-corrected chi connectivity index (χ1v) is 7.24. The second kappa shape index (κ2) is 6.16. The molecule has 20 heavy (non-hydrogen) atoms. The lowest BCUT2D eigenvalue weighted by atomic mass is 10.2. The monoisotopic (exact) mass is 393 g/mol. The summed E-state index contributed by atoms with van der Waals surface area (Å²) in [5.74, 6) is -0.319. The molecule has 0 aliphatic carbocycles. The number of rotatable bonds is 2. The molecule has 0 saturated heterocycles. The second-order valence-corrected chi connectivity index (χ2v) is 5.79. The van der Waals surface area contributed by atoms with Gasteiger partial charge in [-0.15, -0.1) is 0 Å². The van der Waals surface area contributed by atoms with Gasteiger partial charge in [-0.1, -0.05) is 15.9 Å². The zero-order valence-corrected chi connectivity index (χ0v) is 13.6. The fraction of sp³-hybridized carbons (Fsp3) is 0.0714. The minimum absolute atomic E-state index is 0.274. The van der Waals surface area contributed by atoms with Crippen molar-refractivity contribution in [3.8, 4) is 6.07 Å². The van der Waals surface area contributed by atoms with Crippen molar-refractivity contribution in [2.45, 2.75) is 6.92 Å². The van der Waals surface area contributed by atoms with Crippen LogP contribution in [-0.2, 0) is 0 Å². The lowest BCUT2D eigenvalue weighted by Gasteiger charge is -2.08. The van der Waals surface area contributed by atoms with Gasteiger partial charge >= 0.3 is 0 Å². The molecule has 1 heterocycles. The van der Waals surface area contributed by atoms with Crippen LogP contribution in [0.25, 0.3) is 0 Å². The van der Waals surface area contributed by atoms with Gasteiger partial charge in [0, 0.05) is 8.95 Å². The van der Waals surface area contributed by atoms with Gasteiger partial charge in [0.15, 0.2) is 0 Å². The molecule has 1 aromatic heterocycles. The maximum Gasteiger partial charge on any atom is 0.274 e. The van der Waals surface area contributed by atoms with Gasteiger partial charge < -0.3 is 5.32 Å². The Morgan fingerprint density at radius 3 is 2.65 bits per heavy atom. The van der Waals surface area contributed by atoms with Gasteiger partial charge in [0.05, 0.1) is 16.9 Å². The molecule has 1 aromatic carbocycles. The van der Waals surface area contributed by atoms with Gasteiger partial charge in [0.1, 0.15) is 11.8 Å². The average Bonchev–Trinajstić information content (AvgIpc) is 2.41. The molecule has 2 rings (SSSR count). The van der Waals surface area contributed by atoms with E-state index < -0.39 is 0 Å². The molecule has 0 spiro atoms. The van der Waals surface area contributed by atoms with E-state index in [9.17, 15) is 4.79 Å². The Labute approximate surface area is 133 Å². The van der Waals surface area contributed by atoms with Crippen molar-refractivity contribution in [1.29, 1.82) is 5.26 Å². The van der Waals surface area contributed by atoms with Gasteiger partial charge in [-0.3, -0.25) is 4.79 Å². The van der Waals surface area contributed by atoms with Crippen molar-refractivity contribution in [1.82, 2.24) is 4.98 Å². The Morgan fingerprint density at radius 1 is 1.30 bits per heavy atom. The molecule has 1 amide bonds. The fourth-order valence-corrected chi connectivity index (χ4v) is 2.73. The number of halogens is 2. The topological polar surface area (TPSA) is 65.8 Å². The first-order valence-electron chi connectivity index (χ1n) is 5.65. The lowest BCUT2D eigenvalue weighted by Crippen LogP contribution is -2.14. The van der Waals surface area contributed by atoms with Gasteiger partial charge in [-0.2, -0.15) is 5.26 Å². The molecule has 100 valence electrons. The van der Waals surface area contributed by atoms with Crippen LogP contribution >= 0.6 is 31.9 Å². The Bertz CT molecular complexity index is 723. The molecule has 0 bridgehead atoms. The normalized spacial score (nSPS) is 9.90. The summed E-state index contributed by atoms with van der Waals surface area (Å²) in [4.78, 5) is 16.2. The predicted octanol–water partition coefficient (Wildman–Crippen LogP) is 4.04. The van der Waals surface area contributed by atoms with Crippen molar-refractivity contribution in [3.05, 3.63) is 56.2 Å². The summed E-state index contributed by atoms with van der Waals surface area (Å²) < 4.78 is 1.68. The van der Waals surface area contributed by atoms with Crippen LogP contribution in [0.15, 0.2) is 39.3 Å². The van der Waals surface area contributed by atoms with E-state index in [-0.39, 0.29) is 11.6 Å². The van der Waals surface area contributed by atoms with E-state index in [2.05, 4.69) is 42.2 Å². The zero-order chi connectivity index (χ0) is 14.7. The third-order valence-corrected chi connectivity index (χ3v) is 3.77. The maximum atomic E-state index is 12.1. The number of nitrogens with zero attached hydrogens (tertiary/aromatic N) is 2. The molecular formula is C14H9Br2N3O. The number of hydrogen-bond donors (Lipinski definition) is 1.